The van der Waals surface area contributed by atoms with E-state index in [1.54, 1.807) is 11.0 Å². The van der Waals surface area contributed by atoms with Crippen molar-refractivity contribution in [2.45, 2.75) is 31.7 Å². The number of hydrogen-bond donors (Lipinski definition) is 0. The van der Waals surface area contributed by atoms with E-state index < -0.39 is 0 Å². The highest BCUT2D eigenvalue weighted by atomic mass is 35.5. The molecule has 2 amide bonds. The lowest BCUT2D eigenvalue weighted by atomic mass is 10.1. The lowest BCUT2D eigenvalue weighted by molar-refractivity contribution is -0.132. The molecule has 0 radical (unpaired) electrons. The van der Waals surface area contributed by atoms with Crippen molar-refractivity contribution in [3.05, 3.63) is 22.8 Å². The van der Waals surface area contributed by atoms with Gasteiger partial charge in [0.2, 0.25) is 5.91 Å². The van der Waals surface area contributed by atoms with Crippen LogP contribution in [0.1, 0.15) is 36.0 Å². The summed E-state index contributed by atoms with van der Waals surface area (Å²) in [5.74, 6) is 0.980. The number of amides is 2. The lowest BCUT2D eigenvalue weighted by Gasteiger charge is -2.44. The number of likely N-dealkylation sites (tertiary alicyclic amines) is 2. The van der Waals surface area contributed by atoms with Crippen molar-refractivity contribution in [1.82, 2.24) is 14.8 Å². The average Bonchev–Trinajstić information content (AvgIpc) is 3.17. The fraction of sp³-hybridized carbons (Fsp3) is 0.588. The van der Waals surface area contributed by atoms with Crippen LogP contribution in [0.15, 0.2) is 12.1 Å². The molecule has 0 unspecified atom stereocenters. The molecular formula is C17H21ClN4O2. The highest BCUT2D eigenvalue weighted by molar-refractivity contribution is 6.30. The summed E-state index contributed by atoms with van der Waals surface area (Å²) in [4.78, 5) is 34.7. The number of carbonyl (C=O) groups is 2. The van der Waals surface area contributed by atoms with Crippen LogP contribution < -0.4 is 4.90 Å². The monoisotopic (exact) mass is 348 g/mol. The zero-order chi connectivity index (χ0) is 16.7. The van der Waals surface area contributed by atoms with E-state index in [0.717, 1.165) is 44.7 Å². The normalized spacial score (nSPS) is 21.5. The summed E-state index contributed by atoms with van der Waals surface area (Å²) < 4.78 is 0. The van der Waals surface area contributed by atoms with Gasteiger partial charge in [-0.05, 0) is 31.4 Å². The highest BCUT2D eigenvalue weighted by Gasteiger charge is 2.39. The van der Waals surface area contributed by atoms with Crippen molar-refractivity contribution in [2.75, 3.05) is 37.6 Å². The van der Waals surface area contributed by atoms with E-state index in [-0.39, 0.29) is 17.9 Å². The second-order valence-electron chi connectivity index (χ2n) is 6.79. The summed E-state index contributed by atoms with van der Waals surface area (Å²) in [6.07, 6.45) is 3.87. The Kier molecular flexibility index (Phi) is 4.08. The number of pyridine rings is 1. The SMILES string of the molecule is O=C(c1cc(Cl)nc(N2CCCC2)c1)N1CC(N2CCCC2=O)C1. The van der Waals surface area contributed by atoms with Crippen molar-refractivity contribution in [1.29, 1.82) is 0 Å². The zero-order valence-corrected chi connectivity index (χ0v) is 14.3. The van der Waals surface area contributed by atoms with Gasteiger partial charge in [0.1, 0.15) is 11.0 Å². The average molecular weight is 349 g/mol. The molecule has 0 saturated carbocycles. The topological polar surface area (TPSA) is 56.8 Å². The Morgan fingerprint density at radius 3 is 2.54 bits per heavy atom. The first-order chi connectivity index (χ1) is 11.6. The molecule has 0 aromatic carbocycles. The summed E-state index contributed by atoms with van der Waals surface area (Å²) in [5, 5.41) is 0.356. The van der Waals surface area contributed by atoms with Crippen molar-refractivity contribution in [2.24, 2.45) is 0 Å². The molecule has 24 heavy (non-hydrogen) atoms. The standard InChI is InChI=1S/C17H21ClN4O2/c18-14-8-12(9-15(19-14)20-5-1-2-6-20)17(24)21-10-13(11-21)22-7-3-4-16(22)23/h8-9,13H,1-7,10-11H2. The molecule has 7 heteroatoms. The van der Waals surface area contributed by atoms with Gasteiger partial charge in [0.05, 0.1) is 6.04 Å². The number of carbonyl (C=O) groups excluding carboxylic acids is 2. The Morgan fingerprint density at radius 2 is 1.88 bits per heavy atom. The van der Waals surface area contributed by atoms with Crippen LogP contribution in [-0.2, 0) is 4.79 Å². The molecule has 128 valence electrons. The van der Waals surface area contributed by atoms with Gasteiger partial charge < -0.3 is 14.7 Å². The van der Waals surface area contributed by atoms with E-state index in [1.807, 2.05) is 11.0 Å². The van der Waals surface area contributed by atoms with E-state index in [9.17, 15) is 9.59 Å². The molecule has 0 aliphatic carbocycles. The van der Waals surface area contributed by atoms with Crippen molar-refractivity contribution >= 4 is 29.2 Å². The summed E-state index contributed by atoms with van der Waals surface area (Å²) >= 11 is 6.13. The number of halogens is 1. The first-order valence-corrected chi connectivity index (χ1v) is 9.01. The van der Waals surface area contributed by atoms with E-state index in [4.69, 9.17) is 11.6 Å². The Bertz CT molecular complexity index is 669. The lowest BCUT2D eigenvalue weighted by Crippen LogP contribution is -2.61. The van der Waals surface area contributed by atoms with Crippen LogP contribution in [0, 0.1) is 0 Å². The summed E-state index contributed by atoms with van der Waals surface area (Å²) in [5.41, 5.74) is 0.586. The summed E-state index contributed by atoms with van der Waals surface area (Å²) in [7, 11) is 0. The Balaban J connectivity index is 1.44. The van der Waals surface area contributed by atoms with Crippen LogP contribution in [0.5, 0.6) is 0 Å². The number of hydrogen-bond acceptors (Lipinski definition) is 4. The predicted octanol–water partition coefficient (Wildman–Crippen LogP) is 1.78. The first-order valence-electron chi connectivity index (χ1n) is 8.63. The highest BCUT2D eigenvalue weighted by Crippen LogP contribution is 2.26. The minimum absolute atomic E-state index is 0.0253. The summed E-state index contributed by atoms with van der Waals surface area (Å²) in [6.45, 7) is 3.98. The number of rotatable bonds is 3. The van der Waals surface area contributed by atoms with E-state index >= 15 is 0 Å². The van der Waals surface area contributed by atoms with Crippen LogP contribution in [0.4, 0.5) is 5.82 Å². The maximum Gasteiger partial charge on any atom is 0.254 e. The maximum absolute atomic E-state index is 12.7. The van der Waals surface area contributed by atoms with Gasteiger partial charge in [-0.3, -0.25) is 9.59 Å². The molecule has 0 N–H and O–H groups in total. The van der Waals surface area contributed by atoms with Gasteiger partial charge in [0, 0.05) is 44.7 Å². The van der Waals surface area contributed by atoms with Gasteiger partial charge in [0.25, 0.3) is 5.91 Å². The molecule has 1 aromatic heterocycles. The minimum atomic E-state index is -0.0253. The van der Waals surface area contributed by atoms with E-state index in [1.165, 1.54) is 0 Å². The Morgan fingerprint density at radius 1 is 1.12 bits per heavy atom. The third kappa shape index (κ3) is 2.83. The quantitative estimate of drug-likeness (QED) is 0.781. The van der Waals surface area contributed by atoms with Gasteiger partial charge in [-0.1, -0.05) is 11.6 Å². The maximum atomic E-state index is 12.7. The molecule has 4 rings (SSSR count). The van der Waals surface area contributed by atoms with Gasteiger partial charge in [0.15, 0.2) is 0 Å². The number of nitrogens with zero attached hydrogens (tertiary/aromatic N) is 4. The number of aromatic nitrogens is 1. The first kappa shape index (κ1) is 15.7. The largest absolute Gasteiger partial charge is 0.357 e. The van der Waals surface area contributed by atoms with Gasteiger partial charge >= 0.3 is 0 Å². The van der Waals surface area contributed by atoms with Gasteiger partial charge in [-0.2, -0.15) is 0 Å². The molecule has 6 nitrogen and oxygen atoms in total. The summed E-state index contributed by atoms with van der Waals surface area (Å²) in [6, 6.07) is 3.66. The van der Waals surface area contributed by atoms with E-state index in [0.29, 0.717) is 30.2 Å². The Labute approximate surface area is 146 Å². The van der Waals surface area contributed by atoms with Crippen molar-refractivity contribution < 1.29 is 9.59 Å². The minimum Gasteiger partial charge on any atom is -0.357 e. The molecule has 0 atom stereocenters. The van der Waals surface area contributed by atoms with Gasteiger partial charge in [-0.15, -0.1) is 0 Å². The fourth-order valence-electron chi connectivity index (χ4n) is 3.77. The third-order valence-corrected chi connectivity index (χ3v) is 5.35. The molecule has 0 bridgehead atoms. The Hall–Kier alpha value is -1.82. The smallest absolute Gasteiger partial charge is 0.254 e. The van der Waals surface area contributed by atoms with Crippen LogP contribution >= 0.6 is 11.6 Å². The molecule has 3 aliphatic heterocycles. The second kappa shape index (κ2) is 6.24. The number of anilines is 1. The molecule has 1 aromatic rings. The molecule has 3 aliphatic rings. The zero-order valence-electron chi connectivity index (χ0n) is 13.6. The molecule has 0 spiro atoms. The molecule has 4 heterocycles. The molecule has 3 fully saturated rings. The molecule has 3 saturated heterocycles. The van der Waals surface area contributed by atoms with Crippen molar-refractivity contribution in [3.8, 4) is 0 Å². The molecular weight excluding hydrogens is 328 g/mol. The fourth-order valence-corrected chi connectivity index (χ4v) is 3.97. The van der Waals surface area contributed by atoms with Crippen LogP contribution in [-0.4, -0.2) is 65.4 Å². The van der Waals surface area contributed by atoms with E-state index in [2.05, 4.69) is 9.88 Å². The van der Waals surface area contributed by atoms with Crippen LogP contribution in [0.3, 0.4) is 0 Å². The second-order valence-corrected chi connectivity index (χ2v) is 7.17. The van der Waals surface area contributed by atoms with Crippen LogP contribution in [0.25, 0.3) is 0 Å². The van der Waals surface area contributed by atoms with Crippen molar-refractivity contribution in [3.63, 3.8) is 0 Å². The third-order valence-electron chi connectivity index (χ3n) is 5.16. The predicted molar refractivity (Wildman–Crippen MR) is 91.3 cm³/mol. The van der Waals surface area contributed by atoms with Gasteiger partial charge in [-0.25, -0.2) is 4.98 Å². The van der Waals surface area contributed by atoms with Crippen LogP contribution in [0.2, 0.25) is 5.15 Å².